The maximum absolute atomic E-state index is 12.3. The van der Waals surface area contributed by atoms with Crippen LogP contribution in [0.4, 0.5) is 0 Å². The molecular formula is C15H13ClN6O3. The van der Waals surface area contributed by atoms with Crippen molar-refractivity contribution in [3.05, 3.63) is 57.7 Å². The molecule has 2 aromatic heterocycles. The molecule has 0 spiro atoms. The van der Waals surface area contributed by atoms with Crippen LogP contribution in [0.1, 0.15) is 10.4 Å². The number of hydrogen-bond donors (Lipinski definition) is 2. The molecule has 0 atom stereocenters. The van der Waals surface area contributed by atoms with Crippen molar-refractivity contribution in [3.63, 3.8) is 0 Å². The second kappa shape index (κ2) is 6.73. The van der Waals surface area contributed by atoms with Crippen molar-refractivity contribution < 1.29 is 9.59 Å². The average Bonchev–Trinajstić information content (AvgIpc) is 2.98. The van der Waals surface area contributed by atoms with Gasteiger partial charge in [-0.25, -0.2) is 4.98 Å². The zero-order valence-electron chi connectivity index (χ0n) is 13.1. The molecule has 2 heterocycles. The highest BCUT2D eigenvalue weighted by Crippen LogP contribution is 2.09. The number of hydrogen-bond acceptors (Lipinski definition) is 5. The second-order valence-corrected chi connectivity index (χ2v) is 5.63. The van der Waals surface area contributed by atoms with E-state index in [9.17, 15) is 14.4 Å². The highest BCUT2D eigenvalue weighted by molar-refractivity contribution is 6.30. The number of halogens is 1. The van der Waals surface area contributed by atoms with Gasteiger partial charge in [-0.2, -0.15) is 5.10 Å². The molecule has 0 radical (unpaired) electrons. The summed E-state index contributed by atoms with van der Waals surface area (Å²) in [7, 11) is 1.66. The van der Waals surface area contributed by atoms with Gasteiger partial charge in [0.2, 0.25) is 0 Å². The zero-order valence-corrected chi connectivity index (χ0v) is 13.8. The summed E-state index contributed by atoms with van der Waals surface area (Å²) in [5.41, 5.74) is 4.88. The topological polar surface area (TPSA) is 111 Å². The van der Waals surface area contributed by atoms with Crippen molar-refractivity contribution >= 4 is 34.4 Å². The van der Waals surface area contributed by atoms with E-state index in [1.807, 2.05) is 0 Å². The molecular weight excluding hydrogens is 348 g/mol. The maximum atomic E-state index is 12.3. The Balaban J connectivity index is 1.65. The van der Waals surface area contributed by atoms with Crippen molar-refractivity contribution in [2.75, 3.05) is 0 Å². The summed E-state index contributed by atoms with van der Waals surface area (Å²) >= 11 is 5.75. The number of nitrogens with one attached hydrogen (secondary N) is 2. The van der Waals surface area contributed by atoms with Crippen LogP contribution in [-0.2, 0) is 18.4 Å². The number of hydrazine groups is 1. The van der Waals surface area contributed by atoms with Crippen LogP contribution in [0.25, 0.3) is 11.0 Å². The first kappa shape index (κ1) is 16.7. The number of rotatable bonds is 3. The fourth-order valence-corrected chi connectivity index (χ4v) is 2.30. The molecule has 2 N–H and O–H groups in total. The summed E-state index contributed by atoms with van der Waals surface area (Å²) in [6.45, 7) is -0.294. The standard InChI is InChI=1S/C15H13ClN6O3/c1-21-13-11(6-18-21)15(25)22(8-17-13)7-12(23)19-20-14(24)9-2-4-10(16)5-3-9/h2-6,8H,7H2,1H3,(H,19,23)(H,20,24). The Kier molecular flexibility index (Phi) is 4.48. The van der Waals surface area contributed by atoms with Crippen LogP contribution in [0.2, 0.25) is 5.02 Å². The summed E-state index contributed by atoms with van der Waals surface area (Å²) in [5, 5.41) is 4.76. The van der Waals surface area contributed by atoms with E-state index in [2.05, 4.69) is 20.9 Å². The van der Waals surface area contributed by atoms with Crippen LogP contribution < -0.4 is 16.4 Å². The van der Waals surface area contributed by atoms with Gasteiger partial charge in [0.15, 0.2) is 5.65 Å². The maximum Gasteiger partial charge on any atom is 0.269 e. The lowest BCUT2D eigenvalue weighted by molar-refractivity contribution is -0.122. The molecule has 0 aliphatic carbocycles. The number of carbonyl (C=O) groups excluding carboxylic acids is 2. The molecule has 0 aliphatic rings. The third kappa shape index (κ3) is 3.50. The van der Waals surface area contributed by atoms with E-state index in [1.54, 1.807) is 19.2 Å². The Bertz CT molecular complexity index is 1010. The van der Waals surface area contributed by atoms with Gasteiger partial charge in [-0.3, -0.25) is 34.5 Å². The molecule has 0 unspecified atom stereocenters. The lowest BCUT2D eigenvalue weighted by Gasteiger charge is -2.09. The number of carbonyl (C=O) groups is 2. The molecule has 0 fully saturated rings. The third-order valence-electron chi connectivity index (χ3n) is 3.45. The molecule has 2 amide bonds. The second-order valence-electron chi connectivity index (χ2n) is 5.19. The van der Waals surface area contributed by atoms with Crippen LogP contribution in [0, 0.1) is 0 Å². The van der Waals surface area contributed by atoms with Crippen molar-refractivity contribution in [2.45, 2.75) is 6.54 Å². The molecule has 0 aliphatic heterocycles. The van der Waals surface area contributed by atoms with Gasteiger partial charge in [-0.05, 0) is 24.3 Å². The van der Waals surface area contributed by atoms with Crippen LogP contribution >= 0.6 is 11.6 Å². The van der Waals surface area contributed by atoms with Gasteiger partial charge in [0.05, 0.1) is 6.20 Å². The van der Waals surface area contributed by atoms with E-state index in [0.29, 0.717) is 21.6 Å². The predicted molar refractivity (Wildman–Crippen MR) is 89.8 cm³/mol. The van der Waals surface area contributed by atoms with Gasteiger partial charge in [0.1, 0.15) is 18.3 Å². The molecule has 9 nitrogen and oxygen atoms in total. The first-order valence-electron chi connectivity index (χ1n) is 7.17. The number of aryl methyl sites for hydroxylation is 1. The molecule has 25 heavy (non-hydrogen) atoms. The zero-order chi connectivity index (χ0) is 18.0. The Morgan fingerprint density at radius 1 is 1.20 bits per heavy atom. The number of amides is 2. The first-order valence-corrected chi connectivity index (χ1v) is 7.55. The highest BCUT2D eigenvalue weighted by atomic mass is 35.5. The predicted octanol–water partition coefficient (Wildman–Crippen LogP) is 0.245. The van der Waals surface area contributed by atoms with E-state index in [-0.39, 0.29) is 6.54 Å². The lowest BCUT2D eigenvalue weighted by Crippen LogP contribution is -2.44. The first-order chi connectivity index (χ1) is 12.0. The Labute approximate surface area is 146 Å². The Morgan fingerprint density at radius 2 is 1.92 bits per heavy atom. The van der Waals surface area contributed by atoms with Crippen molar-refractivity contribution in [1.29, 1.82) is 0 Å². The minimum atomic E-state index is -0.575. The van der Waals surface area contributed by atoms with E-state index in [0.717, 1.165) is 4.57 Å². The van der Waals surface area contributed by atoms with Gasteiger partial charge in [-0.1, -0.05) is 11.6 Å². The molecule has 128 valence electrons. The van der Waals surface area contributed by atoms with Crippen molar-refractivity contribution in [1.82, 2.24) is 30.2 Å². The van der Waals surface area contributed by atoms with E-state index >= 15 is 0 Å². The van der Waals surface area contributed by atoms with Crippen molar-refractivity contribution in [3.8, 4) is 0 Å². The highest BCUT2D eigenvalue weighted by Gasteiger charge is 2.12. The molecule has 0 saturated heterocycles. The number of benzene rings is 1. The lowest BCUT2D eigenvalue weighted by atomic mass is 10.2. The van der Waals surface area contributed by atoms with Gasteiger partial charge >= 0.3 is 0 Å². The number of aromatic nitrogens is 4. The fourth-order valence-electron chi connectivity index (χ4n) is 2.17. The molecule has 3 rings (SSSR count). The van der Waals surface area contributed by atoms with Crippen LogP contribution in [0.15, 0.2) is 41.6 Å². The fraction of sp³-hybridized carbons (Fsp3) is 0.133. The quantitative estimate of drug-likeness (QED) is 0.650. The molecule has 3 aromatic rings. The number of nitrogens with zero attached hydrogens (tertiary/aromatic N) is 4. The summed E-state index contributed by atoms with van der Waals surface area (Å²) in [4.78, 5) is 40.2. The van der Waals surface area contributed by atoms with Crippen LogP contribution in [-0.4, -0.2) is 31.1 Å². The largest absolute Gasteiger partial charge is 0.289 e. The summed E-state index contributed by atoms with van der Waals surface area (Å²) in [6.07, 6.45) is 2.65. The summed E-state index contributed by atoms with van der Waals surface area (Å²) < 4.78 is 2.60. The van der Waals surface area contributed by atoms with Crippen LogP contribution in [0.3, 0.4) is 0 Å². The van der Waals surface area contributed by atoms with Gasteiger partial charge in [0, 0.05) is 17.6 Å². The van der Waals surface area contributed by atoms with E-state index in [4.69, 9.17) is 11.6 Å². The molecule has 10 heteroatoms. The number of fused-ring (bicyclic) bond motifs is 1. The smallest absolute Gasteiger partial charge is 0.269 e. The molecule has 0 saturated carbocycles. The van der Waals surface area contributed by atoms with Crippen molar-refractivity contribution in [2.24, 2.45) is 7.05 Å². The summed E-state index contributed by atoms with van der Waals surface area (Å²) in [5.74, 6) is -1.08. The molecule has 0 bridgehead atoms. The normalized spacial score (nSPS) is 10.6. The van der Waals surface area contributed by atoms with Gasteiger partial charge in [-0.15, -0.1) is 0 Å². The Hall–Kier alpha value is -3.20. The summed E-state index contributed by atoms with van der Waals surface area (Å²) in [6, 6.07) is 6.17. The average molecular weight is 361 g/mol. The van der Waals surface area contributed by atoms with E-state index in [1.165, 1.54) is 29.3 Å². The minimum Gasteiger partial charge on any atom is -0.289 e. The minimum absolute atomic E-state index is 0.294. The Morgan fingerprint density at radius 3 is 2.64 bits per heavy atom. The van der Waals surface area contributed by atoms with E-state index < -0.39 is 17.4 Å². The molecule has 1 aromatic carbocycles. The monoisotopic (exact) mass is 360 g/mol. The SMILES string of the molecule is Cn1ncc2c(=O)n(CC(=O)NNC(=O)c3ccc(Cl)cc3)cnc21. The van der Waals surface area contributed by atoms with Crippen LogP contribution in [0.5, 0.6) is 0 Å². The van der Waals surface area contributed by atoms with Gasteiger partial charge in [0.25, 0.3) is 17.4 Å². The van der Waals surface area contributed by atoms with Gasteiger partial charge < -0.3 is 0 Å². The third-order valence-corrected chi connectivity index (χ3v) is 3.71.